The Morgan fingerprint density at radius 2 is 1.75 bits per heavy atom. The average molecular weight is 592 g/mol. The summed E-state index contributed by atoms with van der Waals surface area (Å²) < 4.78 is 29.5. The molecular formula is C38H38FNO4. The molecule has 6 heteroatoms. The first-order chi connectivity index (χ1) is 21.3. The Morgan fingerprint density at radius 3 is 2.50 bits per heavy atom. The smallest absolute Gasteiger partial charge is 0.306 e. The van der Waals surface area contributed by atoms with Crippen molar-refractivity contribution in [3.8, 4) is 33.8 Å². The van der Waals surface area contributed by atoms with E-state index in [4.69, 9.17) is 9.47 Å². The number of carbonyl (C=O) groups is 1. The summed E-state index contributed by atoms with van der Waals surface area (Å²) in [5.74, 6) is -0.278. The molecule has 5 nitrogen and oxygen atoms in total. The topological polar surface area (TPSA) is 60.7 Å². The number of benzene rings is 4. The van der Waals surface area contributed by atoms with E-state index in [1.54, 1.807) is 26.2 Å². The molecule has 44 heavy (non-hydrogen) atoms. The number of carboxylic acid groups (broad SMARTS) is 1. The predicted molar refractivity (Wildman–Crippen MR) is 173 cm³/mol. The summed E-state index contributed by atoms with van der Waals surface area (Å²) in [6, 6.07) is 25.0. The molecule has 0 spiro atoms. The summed E-state index contributed by atoms with van der Waals surface area (Å²) in [7, 11) is 3.62. The van der Waals surface area contributed by atoms with Crippen molar-refractivity contribution >= 4 is 16.9 Å². The Labute approximate surface area is 257 Å². The van der Waals surface area contributed by atoms with Gasteiger partial charge in [-0.15, -0.1) is 0 Å². The summed E-state index contributed by atoms with van der Waals surface area (Å²) in [5, 5.41) is 10.5. The van der Waals surface area contributed by atoms with Gasteiger partial charge >= 0.3 is 5.97 Å². The maximum absolute atomic E-state index is 15.4. The SMILES string of the molecule is C1CC1.COc1ccc(F)c(-c2ccc3c(c2-c2cccc4ccn(C)c24)CC[C@H]3Oc2cccc(CC(C)C(=O)O)c2)c1. The lowest BCUT2D eigenvalue weighted by Crippen LogP contribution is -2.12. The molecule has 0 aliphatic heterocycles. The Hall–Kier alpha value is -4.58. The van der Waals surface area contributed by atoms with Gasteiger partial charge in [-0.05, 0) is 83.5 Å². The first kappa shape index (κ1) is 29.5. The molecule has 2 atom stereocenters. The normalized spacial score (nSPS) is 15.7. The fourth-order valence-electron chi connectivity index (χ4n) is 6.07. The molecular weight excluding hydrogens is 553 g/mol. The van der Waals surface area contributed by atoms with Gasteiger partial charge in [-0.1, -0.05) is 68.7 Å². The molecule has 7 rings (SSSR count). The van der Waals surface area contributed by atoms with Gasteiger partial charge < -0.3 is 19.1 Å². The van der Waals surface area contributed by atoms with Gasteiger partial charge in [0.1, 0.15) is 23.4 Å². The number of hydrogen-bond acceptors (Lipinski definition) is 3. The molecule has 4 aromatic carbocycles. The number of carboxylic acids is 1. The maximum atomic E-state index is 15.4. The van der Waals surface area contributed by atoms with Gasteiger partial charge in [0.15, 0.2) is 0 Å². The largest absolute Gasteiger partial charge is 0.497 e. The van der Waals surface area contributed by atoms with E-state index >= 15 is 4.39 Å². The zero-order valence-electron chi connectivity index (χ0n) is 25.5. The molecule has 1 unspecified atom stereocenters. The summed E-state index contributed by atoms with van der Waals surface area (Å²) >= 11 is 0. The van der Waals surface area contributed by atoms with Gasteiger partial charge in [-0.25, -0.2) is 4.39 Å². The van der Waals surface area contributed by atoms with Crippen molar-refractivity contribution in [1.82, 2.24) is 4.57 Å². The zero-order valence-corrected chi connectivity index (χ0v) is 25.5. The molecule has 0 amide bonds. The summed E-state index contributed by atoms with van der Waals surface area (Å²) in [6.45, 7) is 1.71. The second kappa shape index (κ2) is 12.6. The van der Waals surface area contributed by atoms with Crippen molar-refractivity contribution in [2.75, 3.05) is 7.11 Å². The quantitative estimate of drug-likeness (QED) is 0.195. The lowest BCUT2D eigenvalue weighted by Gasteiger charge is -2.20. The first-order valence-corrected chi connectivity index (χ1v) is 15.4. The number of aromatic nitrogens is 1. The molecule has 226 valence electrons. The number of para-hydroxylation sites is 1. The van der Waals surface area contributed by atoms with Crippen LogP contribution in [0.4, 0.5) is 4.39 Å². The third kappa shape index (κ3) is 6.07. The van der Waals surface area contributed by atoms with Crippen LogP contribution in [0.2, 0.25) is 0 Å². The molecule has 1 fully saturated rings. The highest BCUT2D eigenvalue weighted by Gasteiger charge is 2.30. The third-order valence-corrected chi connectivity index (χ3v) is 8.48. The molecule has 0 saturated heterocycles. The molecule has 2 aliphatic carbocycles. The molecule has 0 radical (unpaired) electrons. The third-order valence-electron chi connectivity index (χ3n) is 8.48. The van der Waals surface area contributed by atoms with Crippen LogP contribution in [0.5, 0.6) is 11.5 Å². The van der Waals surface area contributed by atoms with Crippen molar-refractivity contribution in [1.29, 1.82) is 0 Å². The lowest BCUT2D eigenvalue weighted by atomic mass is 9.87. The monoisotopic (exact) mass is 591 g/mol. The van der Waals surface area contributed by atoms with Gasteiger partial charge in [-0.3, -0.25) is 4.79 Å². The van der Waals surface area contributed by atoms with E-state index in [0.29, 0.717) is 23.5 Å². The highest BCUT2D eigenvalue weighted by atomic mass is 19.1. The molecule has 5 aromatic rings. The number of ether oxygens (including phenoxy) is 2. The van der Waals surface area contributed by atoms with Crippen molar-refractivity contribution in [3.05, 3.63) is 108 Å². The van der Waals surface area contributed by atoms with Crippen LogP contribution < -0.4 is 9.47 Å². The Bertz CT molecular complexity index is 1820. The molecule has 2 aliphatic rings. The standard InChI is InChI=1S/C35H32FNO4.C3H6/c1-21(35(38)39)18-22-6-4-8-25(19-22)41-32-15-13-27-26(32)11-12-28(30-20-24(40-3)10-14-31(30)36)33(27)29-9-5-7-23-16-17-37(2)34(23)29;1-2-3-1/h4-12,14,16-17,19-21,32H,13,15,18H2,1-3H3,(H,38,39);1-3H2/t21?,32-;/m1./s1. The van der Waals surface area contributed by atoms with Gasteiger partial charge in [0.2, 0.25) is 0 Å². The predicted octanol–water partition coefficient (Wildman–Crippen LogP) is 9.16. The van der Waals surface area contributed by atoms with Gasteiger partial charge in [0, 0.05) is 29.8 Å². The van der Waals surface area contributed by atoms with E-state index in [9.17, 15) is 9.90 Å². The molecule has 1 heterocycles. The Balaban J connectivity index is 0.00000108. The minimum Gasteiger partial charge on any atom is -0.497 e. The second-order valence-corrected chi connectivity index (χ2v) is 11.9. The Kier molecular flexibility index (Phi) is 8.42. The number of aliphatic carboxylic acids is 1. The van der Waals surface area contributed by atoms with Crippen LogP contribution in [0, 0.1) is 11.7 Å². The number of methoxy groups -OCH3 is 1. The van der Waals surface area contributed by atoms with Crippen molar-refractivity contribution in [2.45, 2.75) is 51.6 Å². The number of rotatable bonds is 8. The molecule has 0 bridgehead atoms. The van der Waals surface area contributed by atoms with Crippen molar-refractivity contribution in [2.24, 2.45) is 13.0 Å². The van der Waals surface area contributed by atoms with Crippen LogP contribution in [-0.4, -0.2) is 22.8 Å². The van der Waals surface area contributed by atoms with E-state index in [1.807, 2.05) is 43.6 Å². The summed E-state index contributed by atoms with van der Waals surface area (Å²) in [6.07, 6.45) is 8.38. The number of hydrogen-bond donors (Lipinski definition) is 1. The van der Waals surface area contributed by atoms with Crippen LogP contribution in [0.15, 0.2) is 85.1 Å². The van der Waals surface area contributed by atoms with E-state index < -0.39 is 11.9 Å². The van der Waals surface area contributed by atoms with Crippen molar-refractivity contribution < 1.29 is 23.8 Å². The van der Waals surface area contributed by atoms with E-state index in [-0.39, 0.29) is 11.9 Å². The van der Waals surface area contributed by atoms with Crippen molar-refractivity contribution in [3.63, 3.8) is 0 Å². The minimum absolute atomic E-state index is 0.173. The van der Waals surface area contributed by atoms with Crippen LogP contribution in [0.25, 0.3) is 33.2 Å². The number of halogens is 1. The fourth-order valence-corrected chi connectivity index (χ4v) is 6.07. The molecule has 1 aromatic heterocycles. The number of aryl methyl sites for hydroxylation is 1. The van der Waals surface area contributed by atoms with E-state index in [1.165, 1.54) is 25.3 Å². The van der Waals surface area contributed by atoms with Crippen LogP contribution in [-0.2, 0) is 24.7 Å². The van der Waals surface area contributed by atoms with Gasteiger partial charge in [-0.2, -0.15) is 0 Å². The van der Waals surface area contributed by atoms with Crippen LogP contribution >= 0.6 is 0 Å². The Morgan fingerprint density at radius 1 is 0.955 bits per heavy atom. The van der Waals surface area contributed by atoms with E-state index in [0.717, 1.165) is 57.1 Å². The second-order valence-electron chi connectivity index (χ2n) is 11.9. The minimum atomic E-state index is -0.815. The summed E-state index contributed by atoms with van der Waals surface area (Å²) in [5.41, 5.74) is 7.64. The summed E-state index contributed by atoms with van der Waals surface area (Å²) in [4.78, 5) is 11.4. The average Bonchev–Trinajstić information content (AvgIpc) is 3.79. The highest BCUT2D eigenvalue weighted by molar-refractivity contribution is 6.00. The highest BCUT2D eigenvalue weighted by Crippen LogP contribution is 2.47. The first-order valence-electron chi connectivity index (χ1n) is 15.4. The molecule has 1 saturated carbocycles. The number of nitrogens with zero attached hydrogens (tertiary/aromatic N) is 1. The molecule has 1 N–H and O–H groups in total. The van der Waals surface area contributed by atoms with Crippen LogP contribution in [0.1, 0.15) is 55.4 Å². The van der Waals surface area contributed by atoms with Gasteiger partial charge in [0.05, 0.1) is 18.5 Å². The van der Waals surface area contributed by atoms with Crippen LogP contribution in [0.3, 0.4) is 0 Å². The van der Waals surface area contributed by atoms with E-state index in [2.05, 4.69) is 34.9 Å². The lowest BCUT2D eigenvalue weighted by molar-refractivity contribution is -0.141. The fraction of sp³-hybridized carbons (Fsp3) is 0.289. The van der Waals surface area contributed by atoms with Gasteiger partial charge in [0.25, 0.3) is 0 Å². The maximum Gasteiger partial charge on any atom is 0.306 e. The number of fused-ring (bicyclic) bond motifs is 2. The zero-order chi connectivity index (χ0) is 30.8.